The average Bonchev–Trinajstić information content (AvgIpc) is 2.41. The normalized spacial score (nSPS) is 10.7. The minimum absolute atomic E-state index is 0.0190. The molecule has 4 nitrogen and oxygen atoms in total. The number of amides is 1. The molecule has 1 amide bonds. The summed E-state index contributed by atoms with van der Waals surface area (Å²) in [4.78, 5) is 11.8. The van der Waals surface area contributed by atoms with Gasteiger partial charge in [0, 0.05) is 18.6 Å². The number of benzene rings is 1. The van der Waals surface area contributed by atoms with Crippen molar-refractivity contribution in [2.45, 2.75) is 6.42 Å². The molecule has 1 aromatic rings. The summed E-state index contributed by atoms with van der Waals surface area (Å²) in [7, 11) is 0. The van der Waals surface area contributed by atoms with E-state index in [2.05, 4.69) is 10.6 Å². The van der Waals surface area contributed by atoms with Gasteiger partial charge in [0.05, 0.1) is 10.7 Å². The van der Waals surface area contributed by atoms with Crippen molar-refractivity contribution in [3.8, 4) is 6.07 Å². The topological polar surface area (TPSA) is 64.9 Å². The Hall–Kier alpha value is -1.70. The van der Waals surface area contributed by atoms with Crippen LogP contribution in [-0.2, 0) is 4.79 Å². The summed E-state index contributed by atoms with van der Waals surface area (Å²) in [5.74, 6) is 0.0168. The Morgan fingerprint density at radius 3 is 2.79 bits per heavy atom. The van der Waals surface area contributed by atoms with E-state index in [0.717, 1.165) is 6.42 Å². The van der Waals surface area contributed by atoms with Crippen LogP contribution in [0.25, 0.3) is 0 Å². The summed E-state index contributed by atoms with van der Waals surface area (Å²) in [6, 6.07) is 8.65. The van der Waals surface area contributed by atoms with Crippen LogP contribution >= 0.6 is 23.2 Å². The summed E-state index contributed by atoms with van der Waals surface area (Å²) >= 11 is 11.4. The first-order chi connectivity index (χ1) is 9.19. The lowest BCUT2D eigenvalue weighted by molar-refractivity contribution is -0.112. The Balaban J connectivity index is 2.65. The minimum atomic E-state index is -0.506. The van der Waals surface area contributed by atoms with Gasteiger partial charge in [-0.15, -0.1) is 11.6 Å². The van der Waals surface area contributed by atoms with Crippen molar-refractivity contribution in [3.05, 3.63) is 41.1 Å². The molecule has 0 bridgehead atoms. The number of anilines is 1. The van der Waals surface area contributed by atoms with Crippen LogP contribution in [0, 0.1) is 11.3 Å². The molecule has 2 N–H and O–H groups in total. The second-order valence-corrected chi connectivity index (χ2v) is 4.39. The minimum Gasteiger partial charge on any atom is -0.390 e. The molecule has 19 heavy (non-hydrogen) atoms. The number of nitrogens with zero attached hydrogens (tertiary/aromatic N) is 1. The lowest BCUT2D eigenvalue weighted by Gasteiger charge is -2.06. The standard InChI is InChI=1S/C13H13Cl2N3O/c14-6-3-7-17-9-10(8-16)13(19)18-12-5-2-1-4-11(12)15/h1-2,4-5,9,17H,3,6-7H2,(H,18,19)/b10-9-. The fraction of sp³-hybridized carbons (Fsp3) is 0.231. The Labute approximate surface area is 122 Å². The fourth-order valence-electron chi connectivity index (χ4n) is 1.24. The third-order valence-electron chi connectivity index (χ3n) is 2.19. The van der Waals surface area contributed by atoms with Gasteiger partial charge in [-0.2, -0.15) is 5.26 Å². The number of rotatable bonds is 6. The van der Waals surface area contributed by atoms with E-state index < -0.39 is 5.91 Å². The molecule has 0 heterocycles. The molecule has 0 aliphatic heterocycles. The van der Waals surface area contributed by atoms with Crippen LogP contribution < -0.4 is 10.6 Å². The summed E-state index contributed by atoms with van der Waals surface area (Å²) in [5.41, 5.74) is 0.450. The van der Waals surface area contributed by atoms with E-state index in [4.69, 9.17) is 28.5 Å². The van der Waals surface area contributed by atoms with Crippen LogP contribution in [-0.4, -0.2) is 18.3 Å². The van der Waals surface area contributed by atoms with Gasteiger partial charge in [-0.1, -0.05) is 23.7 Å². The van der Waals surface area contributed by atoms with Crippen molar-refractivity contribution < 1.29 is 4.79 Å². The number of alkyl halides is 1. The highest BCUT2D eigenvalue weighted by molar-refractivity contribution is 6.33. The Morgan fingerprint density at radius 2 is 2.16 bits per heavy atom. The number of halogens is 2. The van der Waals surface area contributed by atoms with Crippen molar-refractivity contribution in [2.24, 2.45) is 0 Å². The zero-order valence-electron chi connectivity index (χ0n) is 10.1. The molecular formula is C13H13Cl2N3O. The zero-order valence-corrected chi connectivity index (χ0v) is 11.6. The first-order valence-corrected chi connectivity index (χ1v) is 6.55. The van der Waals surface area contributed by atoms with Gasteiger partial charge < -0.3 is 10.6 Å². The number of hydrogen-bond acceptors (Lipinski definition) is 3. The second-order valence-electron chi connectivity index (χ2n) is 3.60. The molecule has 0 saturated carbocycles. The molecule has 0 spiro atoms. The van der Waals surface area contributed by atoms with Gasteiger partial charge in [0.15, 0.2) is 0 Å². The number of nitrogens with one attached hydrogen (secondary N) is 2. The summed E-state index contributed by atoms with van der Waals surface area (Å²) in [6.07, 6.45) is 2.13. The number of carbonyl (C=O) groups is 1. The number of nitriles is 1. The fourth-order valence-corrected chi connectivity index (χ4v) is 1.56. The maximum atomic E-state index is 11.8. The molecule has 0 radical (unpaired) electrons. The highest BCUT2D eigenvalue weighted by Gasteiger charge is 2.10. The molecule has 0 aliphatic rings. The van der Waals surface area contributed by atoms with Crippen molar-refractivity contribution in [3.63, 3.8) is 0 Å². The van der Waals surface area contributed by atoms with E-state index in [0.29, 0.717) is 23.1 Å². The monoisotopic (exact) mass is 297 g/mol. The van der Waals surface area contributed by atoms with Gasteiger partial charge in [-0.3, -0.25) is 4.79 Å². The summed E-state index contributed by atoms with van der Waals surface area (Å²) in [5, 5.41) is 14.8. The largest absolute Gasteiger partial charge is 0.390 e. The molecule has 0 saturated heterocycles. The smallest absolute Gasteiger partial charge is 0.267 e. The molecule has 0 fully saturated rings. The molecule has 0 aromatic heterocycles. The lowest BCUT2D eigenvalue weighted by Crippen LogP contribution is -2.17. The third-order valence-corrected chi connectivity index (χ3v) is 2.79. The Bertz CT molecular complexity index is 509. The lowest BCUT2D eigenvalue weighted by atomic mass is 10.2. The first-order valence-electron chi connectivity index (χ1n) is 5.64. The van der Waals surface area contributed by atoms with Crippen molar-refractivity contribution in [2.75, 3.05) is 17.7 Å². The summed E-state index contributed by atoms with van der Waals surface area (Å²) in [6.45, 7) is 0.605. The van der Waals surface area contributed by atoms with Gasteiger partial charge in [0.25, 0.3) is 5.91 Å². The van der Waals surface area contributed by atoms with E-state index >= 15 is 0 Å². The van der Waals surface area contributed by atoms with Crippen LogP contribution in [0.5, 0.6) is 0 Å². The van der Waals surface area contributed by atoms with E-state index in [1.807, 2.05) is 6.07 Å². The molecule has 0 aliphatic carbocycles. The van der Waals surface area contributed by atoms with Gasteiger partial charge in [-0.05, 0) is 18.6 Å². The van der Waals surface area contributed by atoms with Crippen LogP contribution in [0.1, 0.15) is 6.42 Å². The third kappa shape index (κ3) is 5.21. The van der Waals surface area contributed by atoms with Crippen LogP contribution in [0.15, 0.2) is 36.0 Å². The molecule has 1 aromatic carbocycles. The van der Waals surface area contributed by atoms with E-state index in [-0.39, 0.29) is 5.57 Å². The van der Waals surface area contributed by atoms with Crippen molar-refractivity contribution in [1.29, 1.82) is 5.26 Å². The number of hydrogen-bond donors (Lipinski definition) is 2. The molecule has 100 valence electrons. The predicted octanol–water partition coefficient (Wildman–Crippen LogP) is 2.90. The van der Waals surface area contributed by atoms with Gasteiger partial charge in [0.2, 0.25) is 0 Å². The van der Waals surface area contributed by atoms with Crippen LogP contribution in [0.4, 0.5) is 5.69 Å². The Kier molecular flexibility index (Phi) is 6.80. The summed E-state index contributed by atoms with van der Waals surface area (Å²) < 4.78 is 0. The van der Waals surface area contributed by atoms with Crippen molar-refractivity contribution in [1.82, 2.24) is 5.32 Å². The molecule has 6 heteroatoms. The van der Waals surface area contributed by atoms with E-state index in [1.165, 1.54) is 6.20 Å². The van der Waals surface area contributed by atoms with Crippen LogP contribution in [0.3, 0.4) is 0 Å². The van der Waals surface area contributed by atoms with Crippen molar-refractivity contribution >= 4 is 34.8 Å². The average molecular weight is 298 g/mol. The Morgan fingerprint density at radius 1 is 1.42 bits per heavy atom. The maximum absolute atomic E-state index is 11.8. The van der Waals surface area contributed by atoms with Crippen LogP contribution in [0.2, 0.25) is 5.02 Å². The number of carbonyl (C=O) groups excluding carboxylic acids is 1. The van der Waals surface area contributed by atoms with Gasteiger partial charge in [-0.25, -0.2) is 0 Å². The highest BCUT2D eigenvalue weighted by atomic mass is 35.5. The number of para-hydroxylation sites is 1. The second kappa shape index (κ2) is 8.41. The quantitative estimate of drug-likeness (QED) is 0.367. The van der Waals surface area contributed by atoms with Gasteiger partial charge >= 0.3 is 0 Å². The van der Waals surface area contributed by atoms with E-state index in [9.17, 15) is 4.79 Å². The molecular weight excluding hydrogens is 285 g/mol. The molecule has 0 atom stereocenters. The molecule has 0 unspecified atom stereocenters. The highest BCUT2D eigenvalue weighted by Crippen LogP contribution is 2.20. The SMILES string of the molecule is N#C/C(=C/NCCCCl)C(=O)Nc1ccccc1Cl. The first kappa shape index (κ1) is 15.4. The van der Waals surface area contributed by atoms with Gasteiger partial charge in [0.1, 0.15) is 11.6 Å². The maximum Gasteiger partial charge on any atom is 0.267 e. The predicted molar refractivity (Wildman–Crippen MR) is 77.1 cm³/mol. The zero-order chi connectivity index (χ0) is 14.1. The van der Waals surface area contributed by atoms with E-state index in [1.54, 1.807) is 24.3 Å². The molecule has 1 rings (SSSR count).